The molecule has 1 aliphatic carbocycles. The highest BCUT2D eigenvalue weighted by Gasteiger charge is 2.45. The fourth-order valence-electron chi connectivity index (χ4n) is 3.42. The van der Waals surface area contributed by atoms with Crippen LogP contribution in [-0.2, 0) is 26.3 Å². The molecule has 2 aromatic rings. The molecule has 1 aliphatic rings. The first kappa shape index (κ1) is 18.6. The number of rotatable bonds is 6. The van der Waals surface area contributed by atoms with Gasteiger partial charge in [-0.2, -0.15) is 0 Å². The van der Waals surface area contributed by atoms with Gasteiger partial charge in [0.2, 0.25) is 0 Å². The minimum atomic E-state index is -0.875. The van der Waals surface area contributed by atoms with Crippen LogP contribution in [-0.4, -0.2) is 18.0 Å². The highest BCUT2D eigenvalue weighted by atomic mass is 32.1. The Labute approximate surface area is 156 Å². The van der Waals surface area contributed by atoms with Gasteiger partial charge in [0.15, 0.2) is 6.10 Å². The molecule has 0 saturated heterocycles. The molecule has 6 heteroatoms. The Morgan fingerprint density at radius 3 is 2.54 bits per heavy atom. The molecule has 1 amide bonds. The molecule has 1 heterocycles. The standard InChI is InChI=1S/C20H22FNO3S/c1-14(18(23)22-13-17-5-4-12-26-17)25-19(24)20(10-2-3-11-20)15-6-8-16(21)9-7-15/h4-9,12,14H,2-3,10-11,13H2,1H3,(H,22,23)/t14-/m0/s1. The number of benzene rings is 1. The van der Waals surface area contributed by atoms with Gasteiger partial charge in [0.25, 0.3) is 5.91 Å². The van der Waals surface area contributed by atoms with E-state index in [2.05, 4.69) is 5.32 Å². The molecule has 1 N–H and O–H groups in total. The average Bonchev–Trinajstić information content (AvgIpc) is 3.32. The Hall–Kier alpha value is -2.21. The van der Waals surface area contributed by atoms with E-state index in [1.807, 2.05) is 17.5 Å². The van der Waals surface area contributed by atoms with Gasteiger partial charge in [-0.25, -0.2) is 4.39 Å². The van der Waals surface area contributed by atoms with Crippen LogP contribution >= 0.6 is 11.3 Å². The zero-order valence-electron chi connectivity index (χ0n) is 14.7. The third kappa shape index (κ3) is 3.96. The normalized spacial score (nSPS) is 16.8. The Kier molecular flexibility index (Phi) is 5.71. The highest BCUT2D eigenvalue weighted by Crippen LogP contribution is 2.42. The lowest BCUT2D eigenvalue weighted by atomic mass is 9.79. The maximum Gasteiger partial charge on any atom is 0.317 e. The smallest absolute Gasteiger partial charge is 0.317 e. The van der Waals surface area contributed by atoms with E-state index < -0.39 is 17.5 Å². The number of halogens is 1. The number of ether oxygens (including phenoxy) is 1. The Morgan fingerprint density at radius 1 is 1.23 bits per heavy atom. The van der Waals surface area contributed by atoms with Gasteiger partial charge in [0.05, 0.1) is 12.0 Å². The topological polar surface area (TPSA) is 55.4 Å². The molecule has 0 bridgehead atoms. The fraction of sp³-hybridized carbons (Fsp3) is 0.400. The van der Waals surface area contributed by atoms with E-state index in [-0.39, 0.29) is 11.7 Å². The zero-order chi connectivity index (χ0) is 18.6. The number of esters is 1. The van der Waals surface area contributed by atoms with Crippen molar-refractivity contribution in [3.8, 4) is 0 Å². The van der Waals surface area contributed by atoms with Crippen LogP contribution in [0.25, 0.3) is 0 Å². The first-order chi connectivity index (χ1) is 12.5. The Bertz CT molecular complexity index is 752. The lowest BCUT2D eigenvalue weighted by molar-refractivity contribution is -0.160. The molecule has 0 radical (unpaired) electrons. The first-order valence-electron chi connectivity index (χ1n) is 8.78. The van der Waals surface area contributed by atoms with Crippen LogP contribution in [0.15, 0.2) is 41.8 Å². The van der Waals surface area contributed by atoms with Crippen molar-refractivity contribution in [2.75, 3.05) is 0 Å². The molecule has 138 valence electrons. The van der Waals surface area contributed by atoms with E-state index in [0.717, 1.165) is 23.3 Å². The Morgan fingerprint density at radius 2 is 1.92 bits per heavy atom. The summed E-state index contributed by atoms with van der Waals surface area (Å²) in [5.74, 6) is -1.06. The van der Waals surface area contributed by atoms with Crippen LogP contribution in [0.2, 0.25) is 0 Å². The van der Waals surface area contributed by atoms with E-state index in [0.29, 0.717) is 19.4 Å². The van der Waals surface area contributed by atoms with Crippen LogP contribution in [0.3, 0.4) is 0 Å². The quantitative estimate of drug-likeness (QED) is 0.778. The van der Waals surface area contributed by atoms with Gasteiger partial charge in [-0.05, 0) is 48.9 Å². The number of hydrogen-bond acceptors (Lipinski definition) is 4. The average molecular weight is 375 g/mol. The summed E-state index contributed by atoms with van der Waals surface area (Å²) in [5.41, 5.74) is -0.0247. The van der Waals surface area contributed by atoms with E-state index in [9.17, 15) is 14.0 Å². The number of thiophene rings is 1. The van der Waals surface area contributed by atoms with Gasteiger partial charge in [-0.1, -0.05) is 31.0 Å². The molecular weight excluding hydrogens is 353 g/mol. The second-order valence-corrected chi connectivity index (χ2v) is 7.67. The summed E-state index contributed by atoms with van der Waals surface area (Å²) in [5, 5.41) is 4.73. The molecule has 0 unspecified atom stereocenters. The minimum Gasteiger partial charge on any atom is -0.452 e. The number of carbonyl (C=O) groups is 2. The van der Waals surface area contributed by atoms with Crippen molar-refractivity contribution >= 4 is 23.2 Å². The van der Waals surface area contributed by atoms with Crippen LogP contribution < -0.4 is 5.32 Å². The summed E-state index contributed by atoms with van der Waals surface area (Å²) in [7, 11) is 0. The summed E-state index contributed by atoms with van der Waals surface area (Å²) >= 11 is 1.56. The van der Waals surface area contributed by atoms with E-state index >= 15 is 0 Å². The second-order valence-electron chi connectivity index (χ2n) is 6.64. The summed E-state index contributed by atoms with van der Waals surface area (Å²) in [6.07, 6.45) is 2.25. The van der Waals surface area contributed by atoms with Crippen molar-refractivity contribution in [3.63, 3.8) is 0 Å². The molecule has 0 aliphatic heterocycles. The SMILES string of the molecule is C[C@H](OC(=O)C1(c2ccc(F)cc2)CCCC1)C(=O)NCc1cccs1. The maximum absolute atomic E-state index is 13.2. The van der Waals surface area contributed by atoms with Gasteiger partial charge < -0.3 is 10.1 Å². The van der Waals surface area contributed by atoms with Crippen LogP contribution in [0, 0.1) is 5.82 Å². The summed E-state index contributed by atoms with van der Waals surface area (Å²) in [4.78, 5) is 26.2. The van der Waals surface area contributed by atoms with Crippen molar-refractivity contribution in [1.29, 1.82) is 0 Å². The number of hydrogen-bond donors (Lipinski definition) is 1. The van der Waals surface area contributed by atoms with Crippen molar-refractivity contribution in [2.24, 2.45) is 0 Å². The molecule has 1 saturated carbocycles. The summed E-state index contributed by atoms with van der Waals surface area (Å²) in [6.45, 7) is 2.00. The highest BCUT2D eigenvalue weighted by molar-refractivity contribution is 7.09. The molecule has 0 spiro atoms. The molecule has 3 rings (SSSR count). The fourth-order valence-corrected chi connectivity index (χ4v) is 4.06. The first-order valence-corrected chi connectivity index (χ1v) is 9.66. The second kappa shape index (κ2) is 7.99. The molecular formula is C20H22FNO3S. The summed E-state index contributed by atoms with van der Waals surface area (Å²) < 4.78 is 18.8. The summed E-state index contributed by atoms with van der Waals surface area (Å²) in [6, 6.07) is 9.86. The van der Waals surface area contributed by atoms with Crippen molar-refractivity contribution in [3.05, 3.63) is 58.0 Å². The van der Waals surface area contributed by atoms with Gasteiger partial charge >= 0.3 is 5.97 Å². The van der Waals surface area contributed by atoms with Crippen LogP contribution in [0.1, 0.15) is 43.0 Å². The van der Waals surface area contributed by atoms with Crippen molar-refractivity contribution in [1.82, 2.24) is 5.32 Å². The molecule has 4 nitrogen and oxygen atoms in total. The molecule has 1 aromatic heterocycles. The molecule has 1 atom stereocenters. The lowest BCUT2D eigenvalue weighted by Crippen LogP contribution is -2.41. The predicted molar refractivity (Wildman–Crippen MR) is 98.3 cm³/mol. The lowest BCUT2D eigenvalue weighted by Gasteiger charge is -2.28. The predicted octanol–water partition coefficient (Wildman–Crippen LogP) is 3.95. The largest absolute Gasteiger partial charge is 0.452 e. The maximum atomic E-state index is 13.2. The molecule has 26 heavy (non-hydrogen) atoms. The van der Waals surface area contributed by atoms with E-state index in [1.54, 1.807) is 30.4 Å². The number of carbonyl (C=O) groups excluding carboxylic acids is 2. The van der Waals surface area contributed by atoms with E-state index in [1.165, 1.54) is 12.1 Å². The van der Waals surface area contributed by atoms with Gasteiger partial charge in [-0.15, -0.1) is 11.3 Å². The van der Waals surface area contributed by atoms with Crippen LogP contribution in [0.5, 0.6) is 0 Å². The van der Waals surface area contributed by atoms with E-state index in [4.69, 9.17) is 4.74 Å². The molecule has 1 aromatic carbocycles. The minimum absolute atomic E-state index is 0.320. The number of nitrogens with one attached hydrogen (secondary N) is 1. The Balaban J connectivity index is 1.66. The molecule has 1 fully saturated rings. The van der Waals surface area contributed by atoms with Crippen molar-refractivity contribution < 1.29 is 18.7 Å². The van der Waals surface area contributed by atoms with Gasteiger partial charge in [0.1, 0.15) is 5.82 Å². The van der Waals surface area contributed by atoms with Gasteiger partial charge in [0, 0.05) is 4.88 Å². The van der Waals surface area contributed by atoms with Gasteiger partial charge in [-0.3, -0.25) is 9.59 Å². The zero-order valence-corrected chi connectivity index (χ0v) is 15.5. The third-order valence-corrected chi connectivity index (χ3v) is 5.79. The third-order valence-electron chi connectivity index (χ3n) is 4.91. The monoisotopic (exact) mass is 375 g/mol. The van der Waals surface area contributed by atoms with Crippen LogP contribution in [0.4, 0.5) is 4.39 Å². The number of amides is 1. The van der Waals surface area contributed by atoms with Crippen molar-refractivity contribution in [2.45, 2.75) is 50.7 Å².